The average Bonchev–Trinajstić information content (AvgIpc) is 3.06. The third-order valence-corrected chi connectivity index (χ3v) is 5.00. The summed E-state index contributed by atoms with van der Waals surface area (Å²) in [6.45, 7) is 2.26. The van der Waals surface area contributed by atoms with Crippen molar-refractivity contribution < 1.29 is 9.53 Å². The van der Waals surface area contributed by atoms with Crippen molar-refractivity contribution in [2.75, 3.05) is 19.8 Å². The van der Waals surface area contributed by atoms with Gasteiger partial charge in [0.05, 0.1) is 12.5 Å². The van der Waals surface area contributed by atoms with Crippen molar-refractivity contribution in [2.24, 2.45) is 23.7 Å². The molecule has 2 bridgehead atoms. The smallest absolute Gasteiger partial charge is 0.225 e. The lowest BCUT2D eigenvalue weighted by Crippen LogP contribution is -2.32. The van der Waals surface area contributed by atoms with Gasteiger partial charge in [-0.2, -0.15) is 0 Å². The zero-order valence-electron chi connectivity index (χ0n) is 10.5. The molecule has 0 aromatic heterocycles. The fourth-order valence-corrected chi connectivity index (χ4v) is 4.00. The lowest BCUT2D eigenvalue weighted by atomic mass is 9.86. The first-order valence-corrected chi connectivity index (χ1v) is 7.18. The third-order valence-electron chi connectivity index (χ3n) is 5.00. The van der Waals surface area contributed by atoms with Gasteiger partial charge in [0, 0.05) is 13.2 Å². The molecule has 96 valence electrons. The third kappa shape index (κ3) is 2.49. The Kier molecular flexibility index (Phi) is 3.37. The molecule has 1 saturated heterocycles. The van der Waals surface area contributed by atoms with E-state index >= 15 is 0 Å². The van der Waals surface area contributed by atoms with Crippen LogP contribution in [0.4, 0.5) is 0 Å². The Morgan fingerprint density at radius 2 is 2.18 bits per heavy atom. The minimum absolute atomic E-state index is 0.120. The van der Waals surface area contributed by atoms with E-state index in [-0.39, 0.29) is 11.8 Å². The molecule has 0 radical (unpaired) electrons. The average molecular weight is 237 g/mol. The van der Waals surface area contributed by atoms with Crippen molar-refractivity contribution in [3.05, 3.63) is 0 Å². The molecular formula is C14H23NO2. The molecule has 0 spiro atoms. The van der Waals surface area contributed by atoms with Gasteiger partial charge in [-0.15, -0.1) is 0 Å². The van der Waals surface area contributed by atoms with Crippen LogP contribution in [0.2, 0.25) is 0 Å². The highest BCUT2D eigenvalue weighted by molar-refractivity contribution is 5.78. The summed E-state index contributed by atoms with van der Waals surface area (Å²) in [5.74, 6) is 3.23. The van der Waals surface area contributed by atoms with Crippen LogP contribution in [-0.2, 0) is 9.53 Å². The van der Waals surface area contributed by atoms with Crippen LogP contribution in [0.5, 0.6) is 0 Å². The number of amides is 1. The lowest BCUT2D eigenvalue weighted by molar-refractivity contribution is -0.125. The molecule has 3 nitrogen and oxygen atoms in total. The molecule has 1 amide bonds. The van der Waals surface area contributed by atoms with Gasteiger partial charge in [-0.05, 0) is 49.9 Å². The van der Waals surface area contributed by atoms with Gasteiger partial charge >= 0.3 is 0 Å². The van der Waals surface area contributed by atoms with Crippen LogP contribution in [-0.4, -0.2) is 25.7 Å². The summed E-state index contributed by atoms with van der Waals surface area (Å²) in [6, 6.07) is 0. The Balaban J connectivity index is 1.36. The maximum atomic E-state index is 11.8. The summed E-state index contributed by atoms with van der Waals surface area (Å²) < 4.78 is 5.24. The summed E-state index contributed by atoms with van der Waals surface area (Å²) in [7, 11) is 0. The first-order valence-electron chi connectivity index (χ1n) is 7.18. The second kappa shape index (κ2) is 4.97. The van der Waals surface area contributed by atoms with Crippen molar-refractivity contribution in [3.63, 3.8) is 0 Å². The predicted octanol–water partition coefficient (Wildman–Crippen LogP) is 1.97. The fraction of sp³-hybridized carbons (Fsp3) is 0.929. The van der Waals surface area contributed by atoms with Gasteiger partial charge in [-0.1, -0.05) is 6.42 Å². The minimum atomic E-state index is 0.120. The Morgan fingerprint density at radius 3 is 2.82 bits per heavy atom. The van der Waals surface area contributed by atoms with Crippen LogP contribution in [0.25, 0.3) is 0 Å². The number of ether oxygens (including phenoxy) is 1. The monoisotopic (exact) mass is 237 g/mol. The van der Waals surface area contributed by atoms with Gasteiger partial charge < -0.3 is 10.1 Å². The number of hydrogen-bond acceptors (Lipinski definition) is 2. The summed E-state index contributed by atoms with van der Waals surface area (Å²) in [5, 5.41) is 3.09. The molecule has 17 heavy (non-hydrogen) atoms. The van der Waals surface area contributed by atoms with E-state index in [9.17, 15) is 4.79 Å². The van der Waals surface area contributed by atoms with E-state index in [0.717, 1.165) is 37.3 Å². The van der Waals surface area contributed by atoms with Crippen LogP contribution >= 0.6 is 0 Å². The number of rotatable bonds is 4. The van der Waals surface area contributed by atoms with Crippen molar-refractivity contribution in [1.29, 1.82) is 0 Å². The molecule has 3 heteroatoms. The normalized spacial score (nSPS) is 39.8. The molecular weight excluding hydrogens is 214 g/mol. The highest BCUT2D eigenvalue weighted by Gasteiger charge is 2.38. The molecule has 3 fully saturated rings. The quantitative estimate of drug-likeness (QED) is 0.811. The molecule has 0 aromatic carbocycles. The topological polar surface area (TPSA) is 38.3 Å². The van der Waals surface area contributed by atoms with Crippen LogP contribution in [0, 0.1) is 23.7 Å². The Morgan fingerprint density at radius 1 is 1.24 bits per heavy atom. The van der Waals surface area contributed by atoms with Gasteiger partial charge in [0.25, 0.3) is 0 Å². The molecule has 1 aliphatic heterocycles. The van der Waals surface area contributed by atoms with Crippen LogP contribution in [0.15, 0.2) is 0 Å². The highest BCUT2D eigenvalue weighted by atomic mass is 16.5. The standard InChI is InChI=1S/C14H23NO2/c16-14(13-4-6-17-9-13)15-5-3-12-8-10-1-2-11(12)7-10/h10-13H,1-9H2,(H,15,16). The largest absolute Gasteiger partial charge is 0.381 e. The zero-order valence-corrected chi connectivity index (χ0v) is 10.5. The summed E-state index contributed by atoms with van der Waals surface area (Å²) in [6.07, 6.45) is 7.90. The number of nitrogens with one attached hydrogen (secondary N) is 1. The van der Waals surface area contributed by atoms with E-state index in [2.05, 4.69) is 5.32 Å². The van der Waals surface area contributed by atoms with Gasteiger partial charge in [0.2, 0.25) is 5.91 Å². The Bertz CT molecular complexity index is 286. The Labute approximate surface area is 103 Å². The predicted molar refractivity (Wildman–Crippen MR) is 65.5 cm³/mol. The van der Waals surface area contributed by atoms with Crippen molar-refractivity contribution in [3.8, 4) is 0 Å². The second-order valence-electron chi connectivity index (χ2n) is 6.08. The Hall–Kier alpha value is -0.570. The molecule has 0 aromatic rings. The van der Waals surface area contributed by atoms with E-state index < -0.39 is 0 Å². The van der Waals surface area contributed by atoms with Gasteiger partial charge in [-0.3, -0.25) is 4.79 Å². The molecule has 3 rings (SSSR count). The van der Waals surface area contributed by atoms with Crippen molar-refractivity contribution >= 4 is 5.91 Å². The number of hydrogen-bond donors (Lipinski definition) is 1. The van der Waals surface area contributed by atoms with Gasteiger partial charge in [-0.25, -0.2) is 0 Å². The van der Waals surface area contributed by atoms with Crippen LogP contribution in [0.1, 0.15) is 38.5 Å². The first kappa shape index (κ1) is 11.5. The molecule has 2 aliphatic carbocycles. The van der Waals surface area contributed by atoms with Crippen molar-refractivity contribution in [2.45, 2.75) is 38.5 Å². The lowest BCUT2D eigenvalue weighted by Gasteiger charge is -2.21. The van der Waals surface area contributed by atoms with Crippen molar-refractivity contribution in [1.82, 2.24) is 5.32 Å². The summed E-state index contributed by atoms with van der Waals surface area (Å²) in [5.41, 5.74) is 0. The zero-order chi connectivity index (χ0) is 11.7. The first-order chi connectivity index (χ1) is 8.33. The molecule has 1 heterocycles. The highest BCUT2D eigenvalue weighted by Crippen LogP contribution is 2.49. The van der Waals surface area contributed by atoms with Gasteiger partial charge in [0.15, 0.2) is 0 Å². The van der Waals surface area contributed by atoms with Crippen LogP contribution in [0.3, 0.4) is 0 Å². The van der Waals surface area contributed by atoms with E-state index in [0.29, 0.717) is 6.61 Å². The van der Waals surface area contributed by atoms with E-state index in [4.69, 9.17) is 4.74 Å². The summed E-state index contributed by atoms with van der Waals surface area (Å²) >= 11 is 0. The van der Waals surface area contributed by atoms with Gasteiger partial charge in [0.1, 0.15) is 0 Å². The molecule has 2 saturated carbocycles. The maximum Gasteiger partial charge on any atom is 0.225 e. The molecule has 1 N–H and O–H groups in total. The molecule has 3 aliphatic rings. The SMILES string of the molecule is O=C(NCCC1CC2CCC1C2)C1CCOC1. The molecule has 4 unspecified atom stereocenters. The minimum Gasteiger partial charge on any atom is -0.381 e. The number of carbonyl (C=O) groups is 1. The number of carbonyl (C=O) groups excluding carboxylic acids is 1. The number of fused-ring (bicyclic) bond motifs is 2. The summed E-state index contributed by atoms with van der Waals surface area (Å²) in [4.78, 5) is 11.8. The second-order valence-corrected chi connectivity index (χ2v) is 6.08. The van der Waals surface area contributed by atoms with E-state index in [1.807, 2.05) is 0 Å². The van der Waals surface area contributed by atoms with E-state index in [1.54, 1.807) is 0 Å². The van der Waals surface area contributed by atoms with Crippen LogP contribution < -0.4 is 5.32 Å². The maximum absolute atomic E-state index is 11.8. The van der Waals surface area contributed by atoms with E-state index in [1.165, 1.54) is 32.1 Å². The fourth-order valence-electron chi connectivity index (χ4n) is 4.00. The molecule has 4 atom stereocenters.